The van der Waals surface area contributed by atoms with Gasteiger partial charge in [0.25, 0.3) is 0 Å². The van der Waals surface area contributed by atoms with Crippen molar-refractivity contribution in [1.82, 2.24) is 4.72 Å². The van der Waals surface area contributed by atoms with Crippen LogP contribution in [0.4, 0.5) is 13.2 Å². The minimum Gasteiger partial charge on any atom is -0.273 e. The molecule has 0 radical (unpaired) electrons. The van der Waals surface area contributed by atoms with E-state index in [1.54, 1.807) is 11.6 Å². The van der Waals surface area contributed by atoms with E-state index in [2.05, 4.69) is 0 Å². The van der Waals surface area contributed by atoms with E-state index >= 15 is 0 Å². The molecule has 8 heteroatoms. The summed E-state index contributed by atoms with van der Waals surface area (Å²) in [7, 11) is -3.75. The van der Waals surface area contributed by atoms with Gasteiger partial charge in [0.1, 0.15) is 0 Å². The highest BCUT2D eigenvalue weighted by atomic mass is 32.2. The van der Waals surface area contributed by atoms with Crippen molar-refractivity contribution in [3.63, 3.8) is 0 Å². The molecule has 1 atom stereocenters. The van der Waals surface area contributed by atoms with Gasteiger partial charge in [0.05, 0.1) is 17.7 Å². The average Bonchev–Trinajstić information content (AvgIpc) is 2.26. The first-order chi connectivity index (χ1) is 9.04. The number of sulfonamides is 1. The number of benzene rings is 1. The molecule has 112 valence electrons. The van der Waals surface area contributed by atoms with Crippen LogP contribution >= 0.6 is 0 Å². The zero-order valence-electron chi connectivity index (χ0n) is 10.9. The molecule has 0 saturated heterocycles. The second kappa shape index (κ2) is 5.82. The third kappa shape index (κ3) is 4.52. The predicted molar refractivity (Wildman–Crippen MR) is 67.5 cm³/mol. The van der Waals surface area contributed by atoms with Gasteiger partial charge in [0.15, 0.2) is 0 Å². The summed E-state index contributed by atoms with van der Waals surface area (Å²) in [6.07, 6.45) is -3.52. The third-order valence-corrected chi connectivity index (χ3v) is 3.20. The lowest BCUT2D eigenvalue weighted by Gasteiger charge is -2.16. The smallest absolute Gasteiger partial charge is 0.273 e. The number of rotatable bonds is 4. The van der Waals surface area contributed by atoms with Crippen molar-refractivity contribution in [3.8, 4) is 0 Å². The number of amides is 1. The molecule has 0 aromatic heterocycles. The maximum Gasteiger partial charge on any atom is 0.416 e. The lowest BCUT2D eigenvalue weighted by molar-refractivity contribution is -0.137. The van der Waals surface area contributed by atoms with Crippen LogP contribution in [0.3, 0.4) is 0 Å². The van der Waals surface area contributed by atoms with E-state index in [0.29, 0.717) is 0 Å². The summed E-state index contributed by atoms with van der Waals surface area (Å²) in [6, 6.07) is 4.31. The summed E-state index contributed by atoms with van der Waals surface area (Å²) in [5.41, 5.74) is -0.746. The number of alkyl halides is 3. The molecule has 0 aliphatic rings. The van der Waals surface area contributed by atoms with Crippen molar-refractivity contribution in [2.45, 2.75) is 25.4 Å². The molecule has 1 rings (SSSR count). The van der Waals surface area contributed by atoms with Crippen molar-refractivity contribution in [3.05, 3.63) is 35.4 Å². The van der Waals surface area contributed by atoms with Crippen molar-refractivity contribution < 1.29 is 26.4 Å². The Hall–Kier alpha value is -1.57. The summed E-state index contributed by atoms with van der Waals surface area (Å²) in [5, 5.41) is 0. The van der Waals surface area contributed by atoms with Crippen LogP contribution < -0.4 is 4.72 Å². The molecule has 1 aromatic carbocycles. The number of halogens is 3. The van der Waals surface area contributed by atoms with Gasteiger partial charge in [-0.3, -0.25) is 9.52 Å². The van der Waals surface area contributed by atoms with Gasteiger partial charge in [-0.05, 0) is 18.1 Å². The Bertz CT molecular complexity index is 596. The molecule has 0 saturated carbocycles. The Kier molecular flexibility index (Phi) is 4.80. The van der Waals surface area contributed by atoms with Crippen LogP contribution in [0.1, 0.15) is 30.4 Å². The molecule has 1 N–H and O–H groups in total. The first kappa shape index (κ1) is 16.5. The van der Waals surface area contributed by atoms with Crippen LogP contribution in [0.25, 0.3) is 0 Å². The summed E-state index contributed by atoms with van der Waals surface area (Å²) >= 11 is 0. The van der Waals surface area contributed by atoms with E-state index in [-0.39, 0.29) is 12.0 Å². The number of carbonyl (C=O) groups is 1. The summed E-state index contributed by atoms with van der Waals surface area (Å²) in [4.78, 5) is 11.8. The summed E-state index contributed by atoms with van der Waals surface area (Å²) in [6.45, 7) is 1.59. The Labute approximate surface area is 115 Å². The van der Waals surface area contributed by atoms with Gasteiger partial charge >= 0.3 is 6.18 Å². The lowest BCUT2D eigenvalue weighted by Crippen LogP contribution is -2.33. The number of hydrogen-bond acceptors (Lipinski definition) is 3. The molecule has 0 aliphatic heterocycles. The fourth-order valence-corrected chi connectivity index (χ4v) is 2.27. The zero-order chi connectivity index (χ0) is 15.6. The lowest BCUT2D eigenvalue weighted by atomic mass is 9.94. The van der Waals surface area contributed by atoms with E-state index < -0.39 is 33.6 Å². The highest BCUT2D eigenvalue weighted by Gasteiger charge is 2.31. The van der Waals surface area contributed by atoms with E-state index in [4.69, 9.17) is 0 Å². The molecule has 0 bridgehead atoms. The molecular weight excluding hydrogens is 295 g/mol. The zero-order valence-corrected chi connectivity index (χ0v) is 11.7. The molecular formula is C12H14F3NO3S. The predicted octanol–water partition coefficient (Wildman–Crippen LogP) is 2.27. The van der Waals surface area contributed by atoms with E-state index in [1.807, 2.05) is 0 Å². The minimum atomic E-state index is -4.51. The highest BCUT2D eigenvalue weighted by molar-refractivity contribution is 7.89. The van der Waals surface area contributed by atoms with Gasteiger partial charge in [0, 0.05) is 0 Å². The van der Waals surface area contributed by atoms with Crippen LogP contribution in [0.15, 0.2) is 24.3 Å². The van der Waals surface area contributed by atoms with E-state index in [9.17, 15) is 26.4 Å². The highest BCUT2D eigenvalue weighted by Crippen LogP contribution is 2.31. The SMILES string of the molecule is CCC(C(=O)NS(C)(=O)=O)c1cccc(C(F)(F)F)c1. The largest absolute Gasteiger partial charge is 0.416 e. The van der Waals surface area contributed by atoms with Crippen LogP contribution in [0.5, 0.6) is 0 Å². The topological polar surface area (TPSA) is 63.2 Å². The first-order valence-electron chi connectivity index (χ1n) is 5.73. The number of carbonyl (C=O) groups excluding carboxylic acids is 1. The Morgan fingerprint density at radius 2 is 1.95 bits per heavy atom. The van der Waals surface area contributed by atoms with Crippen LogP contribution in [-0.2, 0) is 21.0 Å². The maximum absolute atomic E-state index is 12.6. The normalized spacial score (nSPS) is 13.8. The molecule has 4 nitrogen and oxygen atoms in total. The molecule has 0 aliphatic carbocycles. The molecule has 20 heavy (non-hydrogen) atoms. The van der Waals surface area contributed by atoms with Crippen molar-refractivity contribution in [2.75, 3.05) is 6.26 Å². The monoisotopic (exact) mass is 309 g/mol. The Morgan fingerprint density at radius 1 is 1.35 bits per heavy atom. The van der Waals surface area contributed by atoms with Gasteiger partial charge < -0.3 is 0 Å². The second-order valence-electron chi connectivity index (χ2n) is 4.32. The Morgan fingerprint density at radius 3 is 2.40 bits per heavy atom. The van der Waals surface area contributed by atoms with Crippen molar-refractivity contribution in [1.29, 1.82) is 0 Å². The molecule has 0 spiro atoms. The first-order valence-corrected chi connectivity index (χ1v) is 7.62. The van der Waals surface area contributed by atoms with Gasteiger partial charge in [-0.1, -0.05) is 25.1 Å². The molecule has 0 heterocycles. The molecule has 1 unspecified atom stereocenters. The molecule has 1 amide bonds. The fourth-order valence-electron chi connectivity index (χ4n) is 1.76. The molecule has 0 fully saturated rings. The third-order valence-electron chi connectivity index (χ3n) is 2.63. The van der Waals surface area contributed by atoms with Gasteiger partial charge in [-0.25, -0.2) is 8.42 Å². The van der Waals surface area contributed by atoms with Gasteiger partial charge in [-0.15, -0.1) is 0 Å². The van der Waals surface area contributed by atoms with Gasteiger partial charge in [0.2, 0.25) is 15.9 Å². The maximum atomic E-state index is 12.6. The fraction of sp³-hybridized carbons (Fsp3) is 0.417. The average molecular weight is 309 g/mol. The minimum absolute atomic E-state index is 0.128. The van der Waals surface area contributed by atoms with Crippen LogP contribution in [-0.4, -0.2) is 20.6 Å². The number of hydrogen-bond donors (Lipinski definition) is 1. The van der Waals surface area contributed by atoms with Gasteiger partial charge in [-0.2, -0.15) is 13.2 Å². The van der Waals surface area contributed by atoms with E-state index in [0.717, 1.165) is 18.4 Å². The summed E-state index contributed by atoms with van der Waals surface area (Å²) in [5.74, 6) is -1.79. The van der Waals surface area contributed by atoms with E-state index in [1.165, 1.54) is 12.1 Å². The Balaban J connectivity index is 3.10. The summed E-state index contributed by atoms with van der Waals surface area (Å²) < 4.78 is 61.6. The van der Waals surface area contributed by atoms with Crippen LogP contribution in [0.2, 0.25) is 0 Å². The quantitative estimate of drug-likeness (QED) is 0.928. The second-order valence-corrected chi connectivity index (χ2v) is 6.07. The molecule has 1 aromatic rings. The standard InChI is InChI=1S/C12H14F3NO3S/c1-3-10(11(17)16-20(2,18)19)8-5-4-6-9(7-8)12(13,14)15/h4-7,10H,3H2,1-2H3,(H,16,17). The van der Waals surface area contributed by atoms with Crippen LogP contribution in [0, 0.1) is 0 Å². The van der Waals surface area contributed by atoms with Crippen molar-refractivity contribution in [2.24, 2.45) is 0 Å². The number of nitrogens with one attached hydrogen (secondary N) is 1. The van der Waals surface area contributed by atoms with Crippen molar-refractivity contribution >= 4 is 15.9 Å².